The van der Waals surface area contributed by atoms with Crippen LogP contribution < -0.4 is 5.32 Å². The fourth-order valence-electron chi connectivity index (χ4n) is 0.199. The van der Waals surface area contributed by atoms with Gasteiger partial charge in [0, 0.05) is 7.05 Å². The van der Waals surface area contributed by atoms with E-state index in [0.29, 0.717) is 0 Å². The summed E-state index contributed by atoms with van der Waals surface area (Å²) < 4.78 is 11.7. The Hall–Kier alpha value is -0.310. The molecular weight excluding hydrogens is 133 g/mol. The van der Waals surface area contributed by atoms with Crippen molar-refractivity contribution in [2.24, 2.45) is 0 Å². The Balaban J connectivity index is 0. The predicted octanol–water partition coefficient (Wildman–Crippen LogP) is 0.512. The molecule has 1 N–H and O–H groups in total. The van der Waals surface area contributed by atoms with Gasteiger partial charge < -0.3 is 5.32 Å². The molecule has 50 valence electrons. The highest BCUT2D eigenvalue weighted by Gasteiger charge is 2.05. The van der Waals surface area contributed by atoms with Crippen LogP contribution in [0.3, 0.4) is 0 Å². The minimum atomic E-state index is -1.38. The van der Waals surface area contributed by atoms with Gasteiger partial charge in [-0.15, -0.1) is 12.4 Å². The first-order chi connectivity index (χ1) is 3.18. The number of alkyl halides is 1. The molecule has 0 radical (unpaired) electrons. The van der Waals surface area contributed by atoms with Gasteiger partial charge in [0.15, 0.2) is 6.17 Å². The van der Waals surface area contributed by atoms with Crippen molar-refractivity contribution in [2.45, 2.75) is 13.1 Å². The molecule has 0 heterocycles. The molecule has 1 unspecified atom stereocenters. The highest BCUT2D eigenvalue weighted by atomic mass is 35.5. The number of rotatable bonds is 1. The van der Waals surface area contributed by atoms with Gasteiger partial charge in [-0.3, -0.25) is 4.79 Å². The molecular formula is C4H9ClFNO. The van der Waals surface area contributed by atoms with Gasteiger partial charge in [-0.1, -0.05) is 0 Å². The second-order valence-electron chi connectivity index (χ2n) is 1.23. The summed E-state index contributed by atoms with van der Waals surface area (Å²) in [6.45, 7) is 1.19. The number of carbonyl (C=O) groups is 1. The summed E-state index contributed by atoms with van der Waals surface area (Å²) in [6, 6.07) is 0. The van der Waals surface area contributed by atoms with E-state index in [9.17, 15) is 9.18 Å². The smallest absolute Gasteiger partial charge is 0.253 e. The lowest BCUT2D eigenvalue weighted by molar-refractivity contribution is -0.124. The van der Waals surface area contributed by atoms with Gasteiger partial charge >= 0.3 is 0 Å². The van der Waals surface area contributed by atoms with Gasteiger partial charge in [0.05, 0.1) is 0 Å². The number of hydrogen-bond acceptors (Lipinski definition) is 1. The Morgan fingerprint density at radius 2 is 2.12 bits per heavy atom. The zero-order valence-electron chi connectivity index (χ0n) is 4.77. The lowest BCUT2D eigenvalue weighted by Gasteiger charge is -1.95. The van der Waals surface area contributed by atoms with E-state index < -0.39 is 12.1 Å². The van der Waals surface area contributed by atoms with Crippen LogP contribution in [-0.2, 0) is 4.79 Å². The number of amides is 1. The van der Waals surface area contributed by atoms with Crippen molar-refractivity contribution in [3.63, 3.8) is 0 Å². The first kappa shape index (κ1) is 10.6. The third-order valence-corrected chi connectivity index (χ3v) is 0.608. The molecule has 0 aliphatic heterocycles. The maximum atomic E-state index is 11.7. The molecule has 0 aromatic carbocycles. The molecule has 2 nitrogen and oxygen atoms in total. The molecule has 0 bridgehead atoms. The van der Waals surface area contributed by atoms with Crippen LogP contribution in [-0.4, -0.2) is 19.1 Å². The quantitative estimate of drug-likeness (QED) is 0.567. The summed E-state index contributed by atoms with van der Waals surface area (Å²) in [5.41, 5.74) is 0. The SMILES string of the molecule is CNC(=O)C(C)F.Cl. The first-order valence-corrected chi connectivity index (χ1v) is 2.04. The third kappa shape index (κ3) is 3.87. The summed E-state index contributed by atoms with van der Waals surface area (Å²) >= 11 is 0. The van der Waals surface area contributed by atoms with Gasteiger partial charge in [0.1, 0.15) is 0 Å². The van der Waals surface area contributed by atoms with E-state index in [4.69, 9.17) is 0 Å². The van der Waals surface area contributed by atoms with E-state index >= 15 is 0 Å². The molecule has 1 amide bonds. The summed E-state index contributed by atoms with van der Waals surface area (Å²) in [4.78, 5) is 10.0. The van der Waals surface area contributed by atoms with Crippen molar-refractivity contribution in [1.29, 1.82) is 0 Å². The Kier molecular flexibility index (Phi) is 6.43. The van der Waals surface area contributed by atoms with Crippen LogP contribution in [0, 0.1) is 0 Å². The molecule has 0 fully saturated rings. The van der Waals surface area contributed by atoms with Gasteiger partial charge in [-0.2, -0.15) is 0 Å². The standard InChI is InChI=1S/C4H8FNO.ClH/c1-3(5)4(7)6-2;/h3H,1-2H3,(H,6,7);1H. The zero-order valence-corrected chi connectivity index (χ0v) is 5.59. The molecule has 0 spiro atoms. The van der Waals surface area contributed by atoms with E-state index in [2.05, 4.69) is 5.32 Å². The van der Waals surface area contributed by atoms with Crippen molar-refractivity contribution in [1.82, 2.24) is 5.32 Å². The third-order valence-electron chi connectivity index (χ3n) is 0.608. The van der Waals surface area contributed by atoms with Crippen molar-refractivity contribution in [3.05, 3.63) is 0 Å². The van der Waals surface area contributed by atoms with E-state index in [1.807, 2.05) is 0 Å². The van der Waals surface area contributed by atoms with Crippen LogP contribution in [0.5, 0.6) is 0 Å². The van der Waals surface area contributed by atoms with Crippen molar-refractivity contribution < 1.29 is 9.18 Å². The van der Waals surface area contributed by atoms with E-state index in [0.717, 1.165) is 0 Å². The fraction of sp³-hybridized carbons (Fsp3) is 0.750. The molecule has 0 aromatic heterocycles. The van der Waals surface area contributed by atoms with E-state index in [1.165, 1.54) is 14.0 Å². The summed E-state index contributed by atoms with van der Waals surface area (Å²) in [5, 5.41) is 2.15. The van der Waals surface area contributed by atoms with Crippen LogP contribution in [0.1, 0.15) is 6.92 Å². The van der Waals surface area contributed by atoms with E-state index in [1.54, 1.807) is 0 Å². The average molecular weight is 142 g/mol. The van der Waals surface area contributed by atoms with Crippen molar-refractivity contribution >= 4 is 18.3 Å². The molecule has 0 aromatic rings. The monoisotopic (exact) mass is 141 g/mol. The Morgan fingerprint density at radius 1 is 1.75 bits per heavy atom. The Labute approximate surface area is 53.9 Å². The zero-order chi connectivity index (χ0) is 5.86. The van der Waals surface area contributed by atoms with Crippen molar-refractivity contribution in [3.8, 4) is 0 Å². The molecule has 0 aliphatic carbocycles. The minimum Gasteiger partial charge on any atom is -0.357 e. The maximum Gasteiger partial charge on any atom is 0.253 e. The minimum absolute atomic E-state index is 0. The van der Waals surface area contributed by atoms with Gasteiger partial charge in [-0.05, 0) is 6.92 Å². The van der Waals surface area contributed by atoms with Gasteiger partial charge in [-0.25, -0.2) is 4.39 Å². The maximum absolute atomic E-state index is 11.7. The number of halogens is 2. The second-order valence-corrected chi connectivity index (χ2v) is 1.23. The summed E-state index contributed by atoms with van der Waals surface area (Å²) in [6.07, 6.45) is -1.38. The summed E-state index contributed by atoms with van der Waals surface area (Å²) in [7, 11) is 1.40. The van der Waals surface area contributed by atoms with Crippen molar-refractivity contribution in [2.75, 3.05) is 7.05 Å². The highest BCUT2D eigenvalue weighted by molar-refractivity contribution is 5.85. The van der Waals surface area contributed by atoms with Gasteiger partial charge in [0.25, 0.3) is 5.91 Å². The normalized spacial score (nSPS) is 11.4. The second kappa shape index (κ2) is 4.84. The van der Waals surface area contributed by atoms with Crippen LogP contribution in [0.2, 0.25) is 0 Å². The van der Waals surface area contributed by atoms with E-state index in [-0.39, 0.29) is 12.4 Å². The van der Waals surface area contributed by atoms with Crippen LogP contribution >= 0.6 is 12.4 Å². The average Bonchev–Trinajstić information content (AvgIpc) is 1.65. The number of nitrogens with one attached hydrogen (secondary N) is 1. The number of hydrogen-bond donors (Lipinski definition) is 1. The molecule has 0 saturated heterocycles. The van der Waals surface area contributed by atoms with Crippen LogP contribution in [0.4, 0.5) is 4.39 Å². The van der Waals surface area contributed by atoms with Crippen LogP contribution in [0.25, 0.3) is 0 Å². The largest absolute Gasteiger partial charge is 0.357 e. The molecule has 4 heteroatoms. The molecule has 1 atom stereocenters. The highest BCUT2D eigenvalue weighted by Crippen LogP contribution is 1.83. The lowest BCUT2D eigenvalue weighted by atomic mass is 10.4. The topological polar surface area (TPSA) is 29.1 Å². The predicted molar refractivity (Wildman–Crippen MR) is 31.9 cm³/mol. The Morgan fingerprint density at radius 3 is 2.12 bits per heavy atom. The lowest BCUT2D eigenvalue weighted by Crippen LogP contribution is -2.25. The summed E-state index contributed by atoms with van der Waals surface area (Å²) in [5.74, 6) is -0.569. The number of carbonyl (C=O) groups excluding carboxylic acids is 1. The Bertz CT molecular complexity index is 76.4. The fourth-order valence-corrected chi connectivity index (χ4v) is 0.199. The molecule has 0 rings (SSSR count). The van der Waals surface area contributed by atoms with Gasteiger partial charge in [0.2, 0.25) is 0 Å². The first-order valence-electron chi connectivity index (χ1n) is 2.04. The molecule has 0 aliphatic rings. The molecule has 0 saturated carbocycles. The van der Waals surface area contributed by atoms with Crippen LogP contribution in [0.15, 0.2) is 0 Å². The molecule has 8 heavy (non-hydrogen) atoms.